The van der Waals surface area contributed by atoms with Gasteiger partial charge in [0.2, 0.25) is 6.41 Å². The molecule has 0 bridgehead atoms. The maximum atomic E-state index is 10.5. The molecule has 1 saturated heterocycles. The monoisotopic (exact) mass is 244 g/mol. The average molecular weight is 244 g/mol. The van der Waals surface area contributed by atoms with Crippen LogP contribution >= 0.6 is 0 Å². The number of nitrogens with one attached hydrogen (secondary N) is 1. The topological polar surface area (TPSA) is 32.3 Å². The number of anilines is 1. The second-order valence-corrected chi connectivity index (χ2v) is 5.42. The van der Waals surface area contributed by atoms with Gasteiger partial charge in [-0.1, -0.05) is 6.07 Å². The van der Waals surface area contributed by atoms with E-state index in [2.05, 4.69) is 22.3 Å². The first-order chi connectivity index (χ1) is 8.86. The number of hydrogen-bond acceptors (Lipinski definition) is 2. The molecule has 0 spiro atoms. The molecule has 3 heteroatoms. The molecule has 0 saturated carbocycles. The molecule has 18 heavy (non-hydrogen) atoms. The van der Waals surface area contributed by atoms with E-state index >= 15 is 0 Å². The Morgan fingerprint density at radius 1 is 1.33 bits per heavy atom. The average Bonchev–Trinajstić information content (AvgIpc) is 3.01. The van der Waals surface area contributed by atoms with Crippen molar-refractivity contribution in [3.05, 3.63) is 29.3 Å². The molecular formula is C15H20N2O. The van der Waals surface area contributed by atoms with E-state index < -0.39 is 0 Å². The predicted molar refractivity (Wildman–Crippen MR) is 72.9 cm³/mol. The zero-order chi connectivity index (χ0) is 12.4. The maximum Gasteiger partial charge on any atom is 0.211 e. The molecule has 1 fully saturated rings. The van der Waals surface area contributed by atoms with Crippen LogP contribution in [0.4, 0.5) is 5.69 Å². The normalized spacial score (nSPS) is 23.0. The third-order valence-electron chi connectivity index (χ3n) is 4.25. The van der Waals surface area contributed by atoms with E-state index in [0.717, 1.165) is 12.1 Å². The molecule has 1 aromatic rings. The van der Waals surface area contributed by atoms with Crippen LogP contribution in [0.2, 0.25) is 0 Å². The summed E-state index contributed by atoms with van der Waals surface area (Å²) < 4.78 is 0. The lowest BCUT2D eigenvalue weighted by Gasteiger charge is -2.20. The second kappa shape index (κ2) is 5.11. The minimum absolute atomic E-state index is 0.659. The molecule has 3 rings (SSSR count). The van der Waals surface area contributed by atoms with Crippen LogP contribution in [0.3, 0.4) is 0 Å². The Morgan fingerprint density at radius 3 is 2.94 bits per heavy atom. The SMILES string of the molecule is O=CNc1ccc2c(c1)C(CN1CCCC1)CC2. The summed E-state index contributed by atoms with van der Waals surface area (Å²) in [6.07, 6.45) is 5.91. The summed E-state index contributed by atoms with van der Waals surface area (Å²) in [5.74, 6) is 0.659. The standard InChI is InChI=1S/C15H20N2O/c18-11-16-14-6-5-12-3-4-13(15(12)9-14)10-17-7-1-2-8-17/h5-6,9,11,13H,1-4,7-8,10H2,(H,16,18). The first-order valence-electron chi connectivity index (χ1n) is 6.92. The molecule has 0 radical (unpaired) electrons. The van der Waals surface area contributed by atoms with E-state index in [9.17, 15) is 4.79 Å². The van der Waals surface area contributed by atoms with Crippen LogP contribution in [-0.2, 0) is 11.2 Å². The fourth-order valence-electron chi connectivity index (χ4n) is 3.31. The van der Waals surface area contributed by atoms with Gasteiger partial charge in [-0.3, -0.25) is 4.79 Å². The first-order valence-corrected chi connectivity index (χ1v) is 6.92. The molecule has 1 unspecified atom stereocenters. The van der Waals surface area contributed by atoms with Crippen molar-refractivity contribution in [1.82, 2.24) is 4.90 Å². The van der Waals surface area contributed by atoms with E-state index in [0.29, 0.717) is 5.92 Å². The van der Waals surface area contributed by atoms with E-state index in [1.54, 1.807) is 0 Å². The molecule has 1 amide bonds. The number of carbonyl (C=O) groups is 1. The van der Waals surface area contributed by atoms with Crippen molar-refractivity contribution in [1.29, 1.82) is 0 Å². The van der Waals surface area contributed by atoms with Gasteiger partial charge in [-0.2, -0.15) is 0 Å². The van der Waals surface area contributed by atoms with Gasteiger partial charge in [0.1, 0.15) is 0 Å². The summed E-state index contributed by atoms with van der Waals surface area (Å²) in [6, 6.07) is 6.34. The number of benzene rings is 1. The van der Waals surface area contributed by atoms with Crippen molar-refractivity contribution in [3.63, 3.8) is 0 Å². The number of likely N-dealkylation sites (tertiary alicyclic amines) is 1. The van der Waals surface area contributed by atoms with E-state index in [1.807, 2.05) is 6.07 Å². The minimum Gasteiger partial charge on any atom is -0.329 e. The molecule has 96 valence electrons. The van der Waals surface area contributed by atoms with Gasteiger partial charge in [-0.05, 0) is 68.0 Å². The van der Waals surface area contributed by atoms with Crippen LogP contribution in [0.5, 0.6) is 0 Å². The highest BCUT2D eigenvalue weighted by molar-refractivity contribution is 5.72. The lowest BCUT2D eigenvalue weighted by molar-refractivity contribution is -0.105. The van der Waals surface area contributed by atoms with E-state index in [1.165, 1.54) is 56.4 Å². The van der Waals surface area contributed by atoms with Gasteiger partial charge in [0.25, 0.3) is 0 Å². The van der Waals surface area contributed by atoms with Gasteiger partial charge in [0.15, 0.2) is 0 Å². The van der Waals surface area contributed by atoms with Crippen molar-refractivity contribution < 1.29 is 4.79 Å². The van der Waals surface area contributed by atoms with Crippen LogP contribution in [-0.4, -0.2) is 30.9 Å². The van der Waals surface area contributed by atoms with Gasteiger partial charge in [-0.15, -0.1) is 0 Å². The van der Waals surface area contributed by atoms with E-state index in [4.69, 9.17) is 0 Å². The Kier molecular flexibility index (Phi) is 3.33. The van der Waals surface area contributed by atoms with Crippen LogP contribution in [0.15, 0.2) is 18.2 Å². The maximum absolute atomic E-state index is 10.5. The lowest BCUT2D eigenvalue weighted by Crippen LogP contribution is -2.24. The number of carbonyl (C=O) groups excluding carboxylic acids is 1. The van der Waals surface area contributed by atoms with Gasteiger partial charge in [-0.25, -0.2) is 0 Å². The molecule has 1 aliphatic heterocycles. The largest absolute Gasteiger partial charge is 0.329 e. The van der Waals surface area contributed by atoms with Crippen LogP contribution in [0.25, 0.3) is 0 Å². The predicted octanol–water partition coefficient (Wildman–Crippen LogP) is 2.38. The molecule has 1 N–H and O–H groups in total. The van der Waals surface area contributed by atoms with Crippen molar-refractivity contribution in [3.8, 4) is 0 Å². The smallest absolute Gasteiger partial charge is 0.211 e. The highest BCUT2D eigenvalue weighted by Crippen LogP contribution is 2.35. The number of fused-ring (bicyclic) bond motifs is 1. The molecule has 3 nitrogen and oxygen atoms in total. The Morgan fingerprint density at radius 2 is 2.17 bits per heavy atom. The Hall–Kier alpha value is -1.35. The van der Waals surface area contributed by atoms with E-state index in [-0.39, 0.29) is 0 Å². The minimum atomic E-state index is 0.659. The lowest BCUT2D eigenvalue weighted by atomic mass is 10.00. The number of rotatable bonds is 4. The van der Waals surface area contributed by atoms with Crippen LogP contribution in [0, 0.1) is 0 Å². The van der Waals surface area contributed by atoms with Gasteiger partial charge in [0, 0.05) is 12.2 Å². The van der Waals surface area contributed by atoms with Gasteiger partial charge >= 0.3 is 0 Å². The zero-order valence-corrected chi connectivity index (χ0v) is 10.7. The van der Waals surface area contributed by atoms with Gasteiger partial charge in [0.05, 0.1) is 0 Å². The molecular weight excluding hydrogens is 224 g/mol. The number of amides is 1. The van der Waals surface area contributed by atoms with Crippen molar-refractivity contribution >= 4 is 12.1 Å². The summed E-state index contributed by atoms with van der Waals surface area (Å²) in [4.78, 5) is 13.1. The third-order valence-corrected chi connectivity index (χ3v) is 4.25. The molecule has 1 aliphatic carbocycles. The third kappa shape index (κ3) is 2.27. The Balaban J connectivity index is 1.76. The number of nitrogens with zero attached hydrogens (tertiary/aromatic N) is 1. The summed E-state index contributed by atoms with van der Waals surface area (Å²) in [5.41, 5.74) is 3.85. The van der Waals surface area contributed by atoms with Crippen molar-refractivity contribution in [2.45, 2.75) is 31.6 Å². The summed E-state index contributed by atoms with van der Waals surface area (Å²) in [5, 5.41) is 2.76. The molecule has 0 aromatic heterocycles. The molecule has 1 aromatic carbocycles. The summed E-state index contributed by atoms with van der Waals surface area (Å²) in [7, 11) is 0. The highest BCUT2D eigenvalue weighted by atomic mass is 16.1. The van der Waals surface area contributed by atoms with Crippen molar-refractivity contribution in [2.75, 3.05) is 25.0 Å². The van der Waals surface area contributed by atoms with Crippen LogP contribution in [0.1, 0.15) is 36.3 Å². The molecule has 1 heterocycles. The highest BCUT2D eigenvalue weighted by Gasteiger charge is 2.25. The fourth-order valence-corrected chi connectivity index (χ4v) is 3.31. The second-order valence-electron chi connectivity index (χ2n) is 5.42. The number of aryl methyl sites for hydroxylation is 1. The molecule has 1 atom stereocenters. The summed E-state index contributed by atoms with van der Waals surface area (Å²) >= 11 is 0. The van der Waals surface area contributed by atoms with Crippen molar-refractivity contribution in [2.24, 2.45) is 0 Å². The molecule has 2 aliphatic rings. The first kappa shape index (κ1) is 11.7. The quantitative estimate of drug-likeness (QED) is 0.825. The Bertz CT molecular complexity index is 438. The van der Waals surface area contributed by atoms with Crippen LogP contribution < -0.4 is 5.32 Å². The Labute approximate surface area is 108 Å². The van der Waals surface area contributed by atoms with Gasteiger partial charge < -0.3 is 10.2 Å². The zero-order valence-electron chi connectivity index (χ0n) is 10.7. The fraction of sp³-hybridized carbons (Fsp3) is 0.533. The summed E-state index contributed by atoms with van der Waals surface area (Å²) in [6.45, 7) is 3.72. The number of hydrogen-bond donors (Lipinski definition) is 1.